The Hall–Kier alpha value is -1.26. The molecule has 0 aromatic heterocycles. The second-order valence-corrected chi connectivity index (χ2v) is 4.61. The summed E-state index contributed by atoms with van der Waals surface area (Å²) in [6.45, 7) is 3.59. The maximum atomic E-state index is 11.9. The average molecular weight is 305 g/mol. The van der Waals surface area contributed by atoms with E-state index in [4.69, 9.17) is 32.7 Å². The normalized spacial score (nSPS) is 11.8. The summed E-state index contributed by atoms with van der Waals surface area (Å²) in [5, 5.41) is 0.693. The lowest BCUT2D eigenvalue weighted by Gasteiger charge is -2.13. The van der Waals surface area contributed by atoms with E-state index in [1.54, 1.807) is 13.8 Å². The molecule has 1 atom stereocenters. The smallest absolute Gasteiger partial charge is 0.325 e. The van der Waals surface area contributed by atoms with E-state index in [0.29, 0.717) is 16.5 Å². The van der Waals surface area contributed by atoms with E-state index < -0.39 is 17.9 Å². The summed E-state index contributed by atoms with van der Waals surface area (Å²) in [6.07, 6.45) is 0.298. The summed E-state index contributed by atoms with van der Waals surface area (Å²) in [5.41, 5.74) is 0. The van der Waals surface area contributed by atoms with Gasteiger partial charge in [-0.1, -0.05) is 30.1 Å². The van der Waals surface area contributed by atoms with Gasteiger partial charge in [0.2, 0.25) is 0 Å². The molecule has 104 valence electrons. The van der Waals surface area contributed by atoms with Crippen LogP contribution in [0.5, 0.6) is 5.75 Å². The number of ether oxygens (including phenoxy) is 2. The molecule has 0 amide bonds. The summed E-state index contributed by atoms with van der Waals surface area (Å²) in [5.74, 6) is -2.02. The van der Waals surface area contributed by atoms with Crippen molar-refractivity contribution in [1.82, 2.24) is 0 Å². The average Bonchev–Trinajstić information content (AvgIpc) is 2.28. The molecule has 0 aliphatic heterocycles. The Bertz CT molecular complexity index is 453. The quantitative estimate of drug-likeness (QED) is 0.475. The Balaban J connectivity index is 2.79. The fraction of sp³-hybridized carbons (Fsp3) is 0.385. The SMILES string of the molecule is CCOC(=O)C(CC)C(=O)Oc1cc(Cl)cc(Cl)c1. The van der Waals surface area contributed by atoms with Gasteiger partial charge in [0.05, 0.1) is 6.61 Å². The van der Waals surface area contributed by atoms with Crippen LogP contribution < -0.4 is 4.74 Å². The van der Waals surface area contributed by atoms with Crippen LogP contribution in [0.15, 0.2) is 18.2 Å². The number of esters is 2. The molecule has 0 bridgehead atoms. The van der Waals surface area contributed by atoms with Crippen LogP contribution >= 0.6 is 23.2 Å². The van der Waals surface area contributed by atoms with E-state index >= 15 is 0 Å². The minimum atomic E-state index is -0.947. The Labute approximate surface area is 121 Å². The van der Waals surface area contributed by atoms with Crippen LogP contribution in [0.3, 0.4) is 0 Å². The topological polar surface area (TPSA) is 52.6 Å². The maximum Gasteiger partial charge on any atom is 0.325 e. The van der Waals surface area contributed by atoms with Crippen LogP contribution in [0.1, 0.15) is 20.3 Å². The summed E-state index contributed by atoms with van der Waals surface area (Å²) in [7, 11) is 0. The number of carbonyl (C=O) groups excluding carboxylic acids is 2. The third-order valence-electron chi connectivity index (χ3n) is 2.32. The Morgan fingerprint density at radius 1 is 1.11 bits per heavy atom. The van der Waals surface area contributed by atoms with Gasteiger partial charge in [-0.25, -0.2) is 0 Å². The molecule has 1 aromatic rings. The zero-order valence-electron chi connectivity index (χ0n) is 10.6. The monoisotopic (exact) mass is 304 g/mol. The van der Waals surface area contributed by atoms with Crippen molar-refractivity contribution in [2.75, 3.05) is 6.61 Å². The Morgan fingerprint density at radius 3 is 2.16 bits per heavy atom. The predicted octanol–water partition coefficient (Wildman–Crippen LogP) is 3.49. The summed E-state index contributed by atoms with van der Waals surface area (Å²) < 4.78 is 9.90. The number of rotatable bonds is 5. The lowest BCUT2D eigenvalue weighted by atomic mass is 10.1. The van der Waals surface area contributed by atoms with Gasteiger partial charge in [0, 0.05) is 10.0 Å². The Morgan fingerprint density at radius 2 is 1.68 bits per heavy atom. The van der Waals surface area contributed by atoms with Crippen LogP contribution in [0.4, 0.5) is 0 Å². The third-order valence-corrected chi connectivity index (χ3v) is 2.75. The van der Waals surface area contributed by atoms with E-state index in [0.717, 1.165) is 0 Å². The van der Waals surface area contributed by atoms with E-state index in [-0.39, 0.29) is 12.4 Å². The van der Waals surface area contributed by atoms with Gasteiger partial charge >= 0.3 is 11.9 Å². The van der Waals surface area contributed by atoms with Crippen LogP contribution in [0, 0.1) is 5.92 Å². The minimum absolute atomic E-state index is 0.199. The highest BCUT2D eigenvalue weighted by Gasteiger charge is 2.28. The summed E-state index contributed by atoms with van der Waals surface area (Å²) in [6, 6.07) is 4.41. The standard InChI is InChI=1S/C13H14Cl2O4/c1-3-11(12(16)18-4-2)13(17)19-10-6-8(14)5-9(15)7-10/h5-7,11H,3-4H2,1-2H3. The number of hydrogen-bond acceptors (Lipinski definition) is 4. The van der Waals surface area contributed by atoms with Crippen molar-refractivity contribution in [2.45, 2.75) is 20.3 Å². The number of halogens is 2. The summed E-state index contributed by atoms with van der Waals surface area (Å²) >= 11 is 11.6. The molecule has 0 fully saturated rings. The van der Waals surface area contributed by atoms with Crippen molar-refractivity contribution in [3.05, 3.63) is 28.2 Å². The number of carbonyl (C=O) groups is 2. The molecule has 1 aromatic carbocycles. The fourth-order valence-corrected chi connectivity index (χ4v) is 1.95. The van der Waals surface area contributed by atoms with Crippen molar-refractivity contribution in [2.24, 2.45) is 5.92 Å². The first-order valence-corrected chi connectivity index (χ1v) is 6.58. The minimum Gasteiger partial charge on any atom is -0.465 e. The molecule has 0 saturated heterocycles. The van der Waals surface area contributed by atoms with E-state index in [2.05, 4.69) is 0 Å². The van der Waals surface area contributed by atoms with Gasteiger partial charge in [-0.3, -0.25) is 9.59 Å². The molecule has 6 heteroatoms. The second kappa shape index (κ2) is 7.36. The summed E-state index contributed by atoms with van der Waals surface area (Å²) in [4.78, 5) is 23.4. The van der Waals surface area contributed by atoms with E-state index in [1.807, 2.05) is 0 Å². The highest BCUT2D eigenvalue weighted by molar-refractivity contribution is 6.34. The molecule has 0 aliphatic carbocycles. The number of hydrogen-bond donors (Lipinski definition) is 0. The van der Waals surface area contributed by atoms with Gasteiger partial charge in [0.25, 0.3) is 0 Å². The molecule has 0 heterocycles. The van der Waals surface area contributed by atoms with E-state index in [9.17, 15) is 9.59 Å². The van der Waals surface area contributed by atoms with Crippen molar-refractivity contribution >= 4 is 35.1 Å². The van der Waals surface area contributed by atoms with Crippen LogP contribution in [0.25, 0.3) is 0 Å². The van der Waals surface area contributed by atoms with Crippen molar-refractivity contribution < 1.29 is 19.1 Å². The van der Waals surface area contributed by atoms with Gasteiger partial charge < -0.3 is 9.47 Å². The largest absolute Gasteiger partial charge is 0.465 e. The molecule has 0 N–H and O–H groups in total. The first-order valence-electron chi connectivity index (χ1n) is 5.82. The number of benzene rings is 1. The van der Waals surface area contributed by atoms with Gasteiger partial charge in [-0.2, -0.15) is 0 Å². The lowest BCUT2D eigenvalue weighted by molar-refractivity contribution is -0.157. The highest BCUT2D eigenvalue weighted by Crippen LogP contribution is 2.25. The zero-order chi connectivity index (χ0) is 14.4. The molecule has 0 spiro atoms. The molecule has 0 saturated carbocycles. The highest BCUT2D eigenvalue weighted by atomic mass is 35.5. The van der Waals surface area contributed by atoms with E-state index in [1.165, 1.54) is 18.2 Å². The van der Waals surface area contributed by atoms with Crippen LogP contribution in [-0.4, -0.2) is 18.5 Å². The van der Waals surface area contributed by atoms with Gasteiger partial charge in [-0.05, 0) is 31.5 Å². The van der Waals surface area contributed by atoms with Gasteiger partial charge in [0.1, 0.15) is 5.75 Å². The van der Waals surface area contributed by atoms with Crippen LogP contribution in [-0.2, 0) is 14.3 Å². The predicted molar refractivity (Wildman–Crippen MR) is 72.5 cm³/mol. The van der Waals surface area contributed by atoms with Gasteiger partial charge in [0.15, 0.2) is 5.92 Å². The third kappa shape index (κ3) is 4.73. The van der Waals surface area contributed by atoms with Crippen molar-refractivity contribution in [3.63, 3.8) is 0 Å². The zero-order valence-corrected chi connectivity index (χ0v) is 12.1. The first kappa shape index (κ1) is 15.8. The molecule has 19 heavy (non-hydrogen) atoms. The van der Waals surface area contributed by atoms with Crippen LogP contribution in [0.2, 0.25) is 10.0 Å². The maximum absolute atomic E-state index is 11.9. The fourth-order valence-electron chi connectivity index (χ4n) is 1.45. The molecule has 0 aliphatic rings. The first-order chi connectivity index (χ1) is 8.97. The molecule has 0 radical (unpaired) electrons. The molecular formula is C13H14Cl2O4. The van der Waals surface area contributed by atoms with Gasteiger partial charge in [-0.15, -0.1) is 0 Å². The Kier molecular flexibility index (Phi) is 6.12. The molecule has 1 rings (SSSR count). The molecule has 4 nitrogen and oxygen atoms in total. The molecular weight excluding hydrogens is 291 g/mol. The second-order valence-electron chi connectivity index (χ2n) is 3.74. The van der Waals surface area contributed by atoms with Crippen molar-refractivity contribution in [3.8, 4) is 5.75 Å². The lowest BCUT2D eigenvalue weighted by Crippen LogP contribution is -2.29. The van der Waals surface area contributed by atoms with Crippen molar-refractivity contribution in [1.29, 1.82) is 0 Å². The molecule has 1 unspecified atom stereocenters.